The van der Waals surface area contributed by atoms with Crippen molar-refractivity contribution < 1.29 is 0 Å². The van der Waals surface area contributed by atoms with Crippen molar-refractivity contribution in [2.75, 3.05) is 23.3 Å². The zero-order chi connectivity index (χ0) is 23.8. The highest BCUT2D eigenvalue weighted by molar-refractivity contribution is 5.99. The third-order valence-corrected chi connectivity index (χ3v) is 6.78. The first-order valence-corrected chi connectivity index (χ1v) is 12.3. The Morgan fingerprint density at radius 3 is 2.80 bits per heavy atom. The standard InChI is InChI=1S/C28H29N7/c1-3-18(2)30-20-14-19(16-29-17-20)22-10-11-24-27(32-22)28(34-33-24)25-15-21-23(31-25)8-7-9-26(21)35-12-5-4-6-13-35/h7-11,14-17,30-31H,2-6,12-13H2,1H3,(H,33,34). The second-order valence-corrected chi connectivity index (χ2v) is 9.18. The first-order valence-electron chi connectivity index (χ1n) is 12.3. The number of allylic oxidation sites excluding steroid dienone is 1. The van der Waals surface area contributed by atoms with E-state index in [4.69, 9.17) is 4.98 Å². The van der Waals surface area contributed by atoms with Crippen molar-refractivity contribution in [3.05, 3.63) is 67.1 Å². The average molecular weight is 464 g/mol. The van der Waals surface area contributed by atoms with Crippen LogP contribution in [0, 0.1) is 0 Å². The summed E-state index contributed by atoms with van der Waals surface area (Å²) in [5.41, 5.74) is 9.59. The number of fused-ring (bicyclic) bond motifs is 2. The van der Waals surface area contributed by atoms with Gasteiger partial charge in [-0.1, -0.05) is 19.6 Å². The number of hydrogen-bond acceptors (Lipinski definition) is 5. The maximum atomic E-state index is 4.99. The van der Waals surface area contributed by atoms with Gasteiger partial charge in [-0.25, -0.2) is 4.98 Å². The summed E-state index contributed by atoms with van der Waals surface area (Å²) in [5, 5.41) is 12.3. The molecule has 1 aliphatic heterocycles. The molecule has 35 heavy (non-hydrogen) atoms. The minimum Gasteiger partial charge on any atom is -0.371 e. The Morgan fingerprint density at radius 2 is 1.94 bits per heavy atom. The van der Waals surface area contributed by atoms with E-state index >= 15 is 0 Å². The van der Waals surface area contributed by atoms with E-state index in [1.165, 1.54) is 30.3 Å². The molecule has 6 rings (SSSR count). The molecule has 0 spiro atoms. The van der Waals surface area contributed by atoms with Crippen LogP contribution >= 0.6 is 0 Å². The van der Waals surface area contributed by atoms with Crippen LogP contribution < -0.4 is 10.2 Å². The van der Waals surface area contributed by atoms with Gasteiger partial charge in [-0.05, 0) is 62.1 Å². The van der Waals surface area contributed by atoms with Crippen LogP contribution in [0.4, 0.5) is 11.4 Å². The largest absolute Gasteiger partial charge is 0.371 e. The molecule has 0 amide bonds. The quantitative estimate of drug-likeness (QED) is 0.268. The molecule has 7 heteroatoms. The average Bonchev–Trinajstić information content (AvgIpc) is 3.53. The first kappa shape index (κ1) is 21.4. The summed E-state index contributed by atoms with van der Waals surface area (Å²) in [6.45, 7) is 8.33. The molecule has 3 N–H and O–H groups in total. The molecule has 176 valence electrons. The van der Waals surface area contributed by atoms with E-state index in [2.05, 4.69) is 74.2 Å². The zero-order valence-corrected chi connectivity index (χ0v) is 19.9. The van der Waals surface area contributed by atoms with Gasteiger partial charge in [-0.3, -0.25) is 10.1 Å². The van der Waals surface area contributed by atoms with Crippen LogP contribution in [-0.2, 0) is 0 Å². The Hall–Kier alpha value is -4.13. The van der Waals surface area contributed by atoms with Crippen LogP contribution in [0.25, 0.3) is 44.6 Å². The van der Waals surface area contributed by atoms with E-state index < -0.39 is 0 Å². The van der Waals surface area contributed by atoms with Gasteiger partial charge in [0.25, 0.3) is 0 Å². The lowest BCUT2D eigenvalue weighted by molar-refractivity contribution is 0.579. The molecule has 5 aromatic rings. The summed E-state index contributed by atoms with van der Waals surface area (Å²) in [7, 11) is 0. The molecule has 0 radical (unpaired) electrons. The minimum absolute atomic E-state index is 0.823. The fourth-order valence-corrected chi connectivity index (χ4v) is 4.87. The van der Waals surface area contributed by atoms with Crippen molar-refractivity contribution in [3.63, 3.8) is 0 Å². The summed E-state index contributed by atoms with van der Waals surface area (Å²) in [6.07, 6.45) is 8.32. The maximum absolute atomic E-state index is 4.99. The second-order valence-electron chi connectivity index (χ2n) is 9.18. The molecule has 1 aliphatic rings. The molecule has 1 fully saturated rings. The minimum atomic E-state index is 0.823. The highest BCUT2D eigenvalue weighted by atomic mass is 15.1. The van der Waals surface area contributed by atoms with Gasteiger partial charge < -0.3 is 15.2 Å². The van der Waals surface area contributed by atoms with Crippen LogP contribution in [0.5, 0.6) is 0 Å². The number of nitrogens with one attached hydrogen (secondary N) is 3. The van der Waals surface area contributed by atoms with E-state index in [1.54, 1.807) is 6.20 Å². The Bertz CT molecular complexity index is 1520. The van der Waals surface area contributed by atoms with Crippen molar-refractivity contribution in [2.24, 2.45) is 0 Å². The smallest absolute Gasteiger partial charge is 0.135 e. The molecule has 7 nitrogen and oxygen atoms in total. The molecule has 0 bridgehead atoms. The molecule has 0 aliphatic carbocycles. The van der Waals surface area contributed by atoms with Gasteiger partial charge >= 0.3 is 0 Å². The van der Waals surface area contributed by atoms with Crippen molar-refractivity contribution in [1.82, 2.24) is 25.1 Å². The number of anilines is 2. The lowest BCUT2D eigenvalue weighted by Gasteiger charge is -2.29. The molecule has 0 atom stereocenters. The molecular formula is C28H29N7. The SMILES string of the molecule is C=C(CC)Nc1cncc(-c2ccc3[nH]nc(-c4cc5c(N6CCCCC6)cccc5[nH]4)c3n2)c1. The topological polar surface area (TPSA) is 85.5 Å². The lowest BCUT2D eigenvalue weighted by Crippen LogP contribution is -2.29. The van der Waals surface area contributed by atoms with Gasteiger partial charge in [0.1, 0.15) is 11.2 Å². The number of aromatic nitrogens is 5. The van der Waals surface area contributed by atoms with Crippen LogP contribution in [0.15, 0.2) is 67.1 Å². The number of H-pyrrole nitrogens is 2. The van der Waals surface area contributed by atoms with Crippen molar-refractivity contribution in [2.45, 2.75) is 32.6 Å². The summed E-state index contributed by atoms with van der Waals surface area (Å²) in [5.74, 6) is 0. The molecule has 4 aromatic heterocycles. The number of rotatable bonds is 6. The van der Waals surface area contributed by atoms with Crippen molar-refractivity contribution >= 4 is 33.3 Å². The number of nitrogens with zero attached hydrogens (tertiary/aromatic N) is 4. The predicted molar refractivity (Wildman–Crippen MR) is 144 cm³/mol. The first-order chi connectivity index (χ1) is 17.2. The van der Waals surface area contributed by atoms with Gasteiger partial charge in [0.05, 0.1) is 28.8 Å². The summed E-state index contributed by atoms with van der Waals surface area (Å²) in [6, 6.07) is 14.8. The third kappa shape index (κ3) is 4.03. The highest BCUT2D eigenvalue weighted by Crippen LogP contribution is 2.34. The van der Waals surface area contributed by atoms with E-state index in [9.17, 15) is 0 Å². The van der Waals surface area contributed by atoms with Crippen LogP contribution in [-0.4, -0.2) is 38.2 Å². The molecule has 1 saturated heterocycles. The van der Waals surface area contributed by atoms with Crippen molar-refractivity contribution in [1.29, 1.82) is 0 Å². The van der Waals surface area contributed by atoms with E-state index in [0.29, 0.717) is 0 Å². The number of pyridine rings is 2. The highest BCUT2D eigenvalue weighted by Gasteiger charge is 2.18. The fraction of sp³-hybridized carbons (Fsp3) is 0.250. The van der Waals surface area contributed by atoms with E-state index in [0.717, 1.165) is 70.1 Å². The Balaban J connectivity index is 1.39. The summed E-state index contributed by atoms with van der Waals surface area (Å²) < 4.78 is 0. The molecule has 5 heterocycles. The molecule has 0 unspecified atom stereocenters. The maximum Gasteiger partial charge on any atom is 0.135 e. The molecule has 0 saturated carbocycles. The van der Waals surface area contributed by atoms with Gasteiger partial charge in [0, 0.05) is 47.1 Å². The zero-order valence-electron chi connectivity index (χ0n) is 19.9. The number of benzene rings is 1. The molecular weight excluding hydrogens is 434 g/mol. The second kappa shape index (κ2) is 8.91. The van der Waals surface area contributed by atoms with Crippen LogP contribution in [0.2, 0.25) is 0 Å². The van der Waals surface area contributed by atoms with Gasteiger partial charge in [-0.2, -0.15) is 5.10 Å². The Labute approximate surface area is 204 Å². The predicted octanol–water partition coefficient (Wildman–Crippen LogP) is 6.49. The normalized spacial score (nSPS) is 14.0. The Kier molecular flexibility index (Phi) is 5.45. The summed E-state index contributed by atoms with van der Waals surface area (Å²) in [4.78, 5) is 15.5. The van der Waals surface area contributed by atoms with Crippen LogP contribution in [0.1, 0.15) is 32.6 Å². The lowest BCUT2D eigenvalue weighted by atomic mass is 10.1. The number of hydrogen-bond donors (Lipinski definition) is 3. The Morgan fingerprint density at radius 1 is 1.06 bits per heavy atom. The van der Waals surface area contributed by atoms with Gasteiger partial charge in [-0.15, -0.1) is 0 Å². The van der Waals surface area contributed by atoms with Crippen LogP contribution in [0.3, 0.4) is 0 Å². The monoisotopic (exact) mass is 463 g/mol. The van der Waals surface area contributed by atoms with E-state index in [-0.39, 0.29) is 0 Å². The third-order valence-electron chi connectivity index (χ3n) is 6.78. The fourth-order valence-electron chi connectivity index (χ4n) is 4.87. The molecule has 1 aromatic carbocycles. The van der Waals surface area contributed by atoms with Gasteiger partial charge in [0.15, 0.2) is 0 Å². The summed E-state index contributed by atoms with van der Waals surface area (Å²) >= 11 is 0. The van der Waals surface area contributed by atoms with Crippen molar-refractivity contribution in [3.8, 4) is 22.6 Å². The van der Waals surface area contributed by atoms with E-state index in [1.807, 2.05) is 18.3 Å². The number of piperidine rings is 1. The number of aromatic amines is 2. The van der Waals surface area contributed by atoms with Gasteiger partial charge in [0.2, 0.25) is 0 Å².